The van der Waals surface area contributed by atoms with Crippen molar-refractivity contribution >= 4 is 17.7 Å². The molecule has 0 saturated heterocycles. The summed E-state index contributed by atoms with van der Waals surface area (Å²) >= 11 is 1.53. The van der Waals surface area contributed by atoms with Crippen LogP contribution in [-0.2, 0) is 0 Å². The van der Waals surface area contributed by atoms with Crippen LogP contribution in [0.15, 0.2) is 11.5 Å². The van der Waals surface area contributed by atoms with Crippen molar-refractivity contribution in [3.05, 3.63) is 6.33 Å². The highest BCUT2D eigenvalue weighted by molar-refractivity contribution is 7.98. The minimum Gasteiger partial charge on any atom is -0.270 e. The highest BCUT2D eigenvalue weighted by Gasteiger charge is 2.31. The largest absolute Gasteiger partial charge is 0.270 e. The summed E-state index contributed by atoms with van der Waals surface area (Å²) in [5.74, 6) is 0.698. The summed E-state index contributed by atoms with van der Waals surface area (Å²) in [5.41, 5.74) is 3.41. The van der Waals surface area contributed by atoms with Crippen LogP contribution >= 0.6 is 11.8 Å². The van der Waals surface area contributed by atoms with Crippen molar-refractivity contribution in [3.63, 3.8) is 0 Å². The van der Waals surface area contributed by atoms with Gasteiger partial charge in [-0.15, -0.1) is 0 Å². The Morgan fingerprint density at radius 2 is 2.06 bits per heavy atom. The van der Waals surface area contributed by atoms with Gasteiger partial charge in [0, 0.05) is 6.04 Å². The van der Waals surface area contributed by atoms with Gasteiger partial charge in [0.05, 0.1) is 5.54 Å². The first-order valence-corrected chi connectivity index (χ1v) is 7.02. The number of hydrogen-bond donors (Lipinski definition) is 1. The second-order valence-corrected chi connectivity index (χ2v) is 5.96. The lowest BCUT2D eigenvalue weighted by atomic mass is 10.1. The SMILES string of the molecule is CSc1ncnc(N(NC2CC2)C(C)(C)C)n1. The molecule has 0 aliphatic heterocycles. The topological polar surface area (TPSA) is 53.9 Å². The van der Waals surface area contributed by atoms with Crippen LogP contribution in [0, 0.1) is 0 Å². The predicted octanol–water partition coefficient (Wildman–Crippen LogP) is 1.87. The van der Waals surface area contributed by atoms with Gasteiger partial charge in [-0.25, -0.2) is 10.4 Å². The van der Waals surface area contributed by atoms with Gasteiger partial charge in [-0.05, 0) is 39.9 Å². The third-order valence-corrected chi connectivity index (χ3v) is 3.04. The maximum atomic E-state index is 4.44. The van der Waals surface area contributed by atoms with E-state index < -0.39 is 0 Å². The molecule has 17 heavy (non-hydrogen) atoms. The summed E-state index contributed by atoms with van der Waals surface area (Å²) in [7, 11) is 0. The van der Waals surface area contributed by atoms with Crippen molar-refractivity contribution in [2.45, 2.75) is 50.4 Å². The minimum absolute atomic E-state index is 0.0559. The standard InChI is InChI=1S/C11H19N5S/c1-11(2,3)16(15-8-5-6-8)9-12-7-13-10(14-9)17-4/h7-8,15H,5-6H2,1-4H3. The molecule has 0 radical (unpaired) electrons. The first kappa shape index (κ1) is 12.6. The van der Waals surface area contributed by atoms with Gasteiger partial charge in [-0.2, -0.15) is 9.97 Å². The molecule has 5 nitrogen and oxygen atoms in total. The van der Waals surface area contributed by atoms with Crippen molar-refractivity contribution in [2.75, 3.05) is 11.3 Å². The molecule has 1 fully saturated rings. The Hall–Kier alpha value is -0.880. The van der Waals surface area contributed by atoms with E-state index in [0.717, 1.165) is 5.16 Å². The molecule has 1 heterocycles. The van der Waals surface area contributed by atoms with Gasteiger partial charge in [0.25, 0.3) is 0 Å². The van der Waals surface area contributed by atoms with Crippen LogP contribution in [0.1, 0.15) is 33.6 Å². The van der Waals surface area contributed by atoms with Gasteiger partial charge in [-0.1, -0.05) is 11.8 Å². The summed E-state index contributed by atoms with van der Waals surface area (Å²) in [6, 6.07) is 0.573. The van der Waals surface area contributed by atoms with Crippen molar-refractivity contribution in [3.8, 4) is 0 Å². The number of hydrogen-bond acceptors (Lipinski definition) is 6. The van der Waals surface area contributed by atoms with Gasteiger partial charge < -0.3 is 0 Å². The van der Waals surface area contributed by atoms with Crippen LogP contribution in [-0.4, -0.2) is 32.8 Å². The van der Waals surface area contributed by atoms with E-state index in [-0.39, 0.29) is 5.54 Å². The molecule has 0 unspecified atom stereocenters. The Kier molecular flexibility index (Phi) is 3.53. The Bertz CT molecular complexity index is 386. The fraction of sp³-hybridized carbons (Fsp3) is 0.727. The molecule has 1 N–H and O–H groups in total. The molecule has 0 atom stereocenters. The van der Waals surface area contributed by atoms with E-state index in [1.165, 1.54) is 24.6 Å². The maximum Gasteiger partial charge on any atom is 0.244 e. The van der Waals surface area contributed by atoms with E-state index in [0.29, 0.717) is 12.0 Å². The first-order valence-electron chi connectivity index (χ1n) is 5.80. The van der Waals surface area contributed by atoms with E-state index in [9.17, 15) is 0 Å². The number of nitrogens with one attached hydrogen (secondary N) is 1. The third kappa shape index (κ3) is 3.29. The zero-order valence-corrected chi connectivity index (χ0v) is 11.6. The lowest BCUT2D eigenvalue weighted by Gasteiger charge is -2.35. The van der Waals surface area contributed by atoms with E-state index in [2.05, 4.69) is 41.1 Å². The van der Waals surface area contributed by atoms with E-state index in [4.69, 9.17) is 0 Å². The predicted molar refractivity (Wildman–Crippen MR) is 70.0 cm³/mol. The van der Waals surface area contributed by atoms with Crippen molar-refractivity contribution < 1.29 is 0 Å². The molecule has 1 aliphatic rings. The second kappa shape index (κ2) is 4.78. The van der Waals surface area contributed by atoms with E-state index >= 15 is 0 Å². The Labute approximate surface area is 106 Å². The average molecular weight is 253 g/mol. The molecule has 1 aromatic heterocycles. The molecule has 94 valence electrons. The number of hydrazine groups is 1. The molecule has 1 aliphatic carbocycles. The fourth-order valence-electron chi connectivity index (χ4n) is 1.43. The Morgan fingerprint density at radius 1 is 1.35 bits per heavy atom. The summed E-state index contributed by atoms with van der Waals surface area (Å²) in [5, 5.41) is 2.80. The van der Waals surface area contributed by atoms with Gasteiger partial charge >= 0.3 is 0 Å². The van der Waals surface area contributed by atoms with Crippen LogP contribution in [0.2, 0.25) is 0 Å². The molecule has 0 bridgehead atoms. The molecule has 6 heteroatoms. The van der Waals surface area contributed by atoms with Crippen molar-refractivity contribution in [2.24, 2.45) is 0 Å². The smallest absolute Gasteiger partial charge is 0.244 e. The number of rotatable bonds is 4. The molecular formula is C11H19N5S. The molecule has 0 amide bonds. The zero-order chi connectivity index (χ0) is 12.5. The van der Waals surface area contributed by atoms with Gasteiger partial charge in [-0.3, -0.25) is 5.01 Å². The minimum atomic E-state index is -0.0559. The molecular weight excluding hydrogens is 234 g/mol. The zero-order valence-electron chi connectivity index (χ0n) is 10.8. The summed E-state index contributed by atoms with van der Waals surface area (Å²) in [6.45, 7) is 6.43. The van der Waals surface area contributed by atoms with Gasteiger partial charge in [0.1, 0.15) is 6.33 Å². The highest BCUT2D eigenvalue weighted by Crippen LogP contribution is 2.25. The quantitative estimate of drug-likeness (QED) is 0.653. The summed E-state index contributed by atoms with van der Waals surface area (Å²) in [6.07, 6.45) is 6.00. The molecule has 1 saturated carbocycles. The Morgan fingerprint density at radius 3 is 2.59 bits per heavy atom. The number of anilines is 1. The van der Waals surface area contributed by atoms with Crippen LogP contribution in [0.4, 0.5) is 5.95 Å². The lowest BCUT2D eigenvalue weighted by molar-refractivity contribution is 0.423. The normalized spacial score (nSPS) is 16.0. The summed E-state index contributed by atoms with van der Waals surface area (Å²) < 4.78 is 0. The first-order chi connectivity index (χ1) is 8.00. The van der Waals surface area contributed by atoms with Crippen LogP contribution in [0.3, 0.4) is 0 Å². The number of nitrogens with zero attached hydrogens (tertiary/aromatic N) is 4. The highest BCUT2D eigenvalue weighted by atomic mass is 32.2. The molecule has 0 spiro atoms. The van der Waals surface area contributed by atoms with Crippen molar-refractivity contribution in [1.29, 1.82) is 0 Å². The number of aromatic nitrogens is 3. The molecule has 2 rings (SSSR count). The second-order valence-electron chi connectivity index (χ2n) is 5.18. The van der Waals surface area contributed by atoms with Crippen LogP contribution < -0.4 is 10.4 Å². The fourth-order valence-corrected chi connectivity index (χ4v) is 1.75. The van der Waals surface area contributed by atoms with Crippen molar-refractivity contribution in [1.82, 2.24) is 20.4 Å². The maximum absolute atomic E-state index is 4.44. The lowest BCUT2D eigenvalue weighted by Crippen LogP contribution is -2.52. The molecule has 0 aromatic carbocycles. The monoisotopic (exact) mass is 253 g/mol. The Balaban J connectivity index is 2.23. The third-order valence-electron chi connectivity index (χ3n) is 2.48. The van der Waals surface area contributed by atoms with Gasteiger partial charge in [0.15, 0.2) is 5.16 Å². The number of thioether (sulfide) groups is 1. The average Bonchev–Trinajstić information content (AvgIpc) is 3.08. The summed E-state index contributed by atoms with van der Waals surface area (Å²) in [4.78, 5) is 12.8. The van der Waals surface area contributed by atoms with Gasteiger partial charge in [0.2, 0.25) is 5.95 Å². The van der Waals surface area contributed by atoms with Crippen LogP contribution in [0.25, 0.3) is 0 Å². The van der Waals surface area contributed by atoms with Crippen LogP contribution in [0.5, 0.6) is 0 Å². The molecule has 1 aromatic rings. The van der Waals surface area contributed by atoms with E-state index in [1.807, 2.05) is 11.3 Å². The van der Waals surface area contributed by atoms with E-state index in [1.54, 1.807) is 6.33 Å².